The molecular formula is C17H23N3O5. The molecule has 1 amide bonds. The van der Waals surface area contributed by atoms with Gasteiger partial charge in [-0.2, -0.15) is 0 Å². The summed E-state index contributed by atoms with van der Waals surface area (Å²) in [7, 11) is 0. The molecule has 0 atom stereocenters. The number of carbonyl (C=O) groups excluding carboxylic acids is 2. The predicted octanol–water partition coefficient (Wildman–Crippen LogP) is 2.27. The first-order valence-corrected chi connectivity index (χ1v) is 8.50. The van der Waals surface area contributed by atoms with Crippen LogP contribution in [0.1, 0.15) is 43.0 Å². The van der Waals surface area contributed by atoms with Gasteiger partial charge in [-0.3, -0.25) is 19.7 Å². The number of nitro benzene ring substituents is 1. The van der Waals surface area contributed by atoms with Gasteiger partial charge in [-0.1, -0.05) is 0 Å². The average molecular weight is 349 g/mol. The SMILES string of the molecule is CCOC(=O)CCCNC(=O)c1cc([N+](=O)[O-])ccc1N1CCCC1. The highest BCUT2D eigenvalue weighted by Crippen LogP contribution is 2.28. The number of nitro groups is 1. The van der Waals surface area contributed by atoms with Gasteiger partial charge < -0.3 is 15.0 Å². The van der Waals surface area contributed by atoms with Gasteiger partial charge in [0.05, 0.1) is 22.8 Å². The van der Waals surface area contributed by atoms with Crippen LogP contribution in [-0.2, 0) is 9.53 Å². The van der Waals surface area contributed by atoms with E-state index >= 15 is 0 Å². The Kier molecular flexibility index (Phi) is 6.73. The molecule has 1 saturated heterocycles. The Morgan fingerprint density at radius 1 is 1.32 bits per heavy atom. The van der Waals surface area contributed by atoms with E-state index in [0.29, 0.717) is 30.8 Å². The Labute approximate surface area is 146 Å². The number of anilines is 1. The fourth-order valence-electron chi connectivity index (χ4n) is 2.82. The normalized spacial score (nSPS) is 13.6. The van der Waals surface area contributed by atoms with Crippen molar-refractivity contribution in [3.05, 3.63) is 33.9 Å². The third-order valence-electron chi connectivity index (χ3n) is 4.03. The van der Waals surface area contributed by atoms with Gasteiger partial charge in [0.2, 0.25) is 0 Å². The van der Waals surface area contributed by atoms with E-state index in [2.05, 4.69) is 10.2 Å². The molecule has 1 aromatic rings. The number of benzene rings is 1. The maximum atomic E-state index is 12.5. The van der Waals surface area contributed by atoms with Crippen LogP contribution in [0.2, 0.25) is 0 Å². The number of non-ortho nitro benzene ring substituents is 1. The topological polar surface area (TPSA) is 102 Å². The molecule has 0 radical (unpaired) electrons. The molecule has 8 heteroatoms. The van der Waals surface area contributed by atoms with Gasteiger partial charge >= 0.3 is 5.97 Å². The van der Waals surface area contributed by atoms with Crippen LogP contribution in [0.3, 0.4) is 0 Å². The molecular weight excluding hydrogens is 326 g/mol. The van der Waals surface area contributed by atoms with Crippen LogP contribution in [-0.4, -0.2) is 43.0 Å². The molecule has 1 aliphatic heterocycles. The van der Waals surface area contributed by atoms with Crippen molar-refractivity contribution in [2.75, 3.05) is 31.1 Å². The molecule has 136 valence electrons. The highest BCUT2D eigenvalue weighted by Gasteiger charge is 2.22. The summed E-state index contributed by atoms with van der Waals surface area (Å²) in [6.07, 6.45) is 2.76. The Morgan fingerprint density at radius 2 is 2.04 bits per heavy atom. The van der Waals surface area contributed by atoms with Crippen molar-refractivity contribution in [1.82, 2.24) is 5.32 Å². The highest BCUT2D eigenvalue weighted by atomic mass is 16.6. The first-order chi connectivity index (χ1) is 12.0. The minimum absolute atomic E-state index is 0.111. The van der Waals surface area contributed by atoms with E-state index in [4.69, 9.17) is 4.74 Å². The van der Waals surface area contributed by atoms with E-state index in [1.54, 1.807) is 13.0 Å². The summed E-state index contributed by atoms with van der Waals surface area (Å²) in [5, 5.41) is 13.7. The molecule has 0 aliphatic carbocycles. The summed E-state index contributed by atoms with van der Waals surface area (Å²) < 4.78 is 4.83. The fraction of sp³-hybridized carbons (Fsp3) is 0.529. The number of hydrogen-bond donors (Lipinski definition) is 1. The fourth-order valence-corrected chi connectivity index (χ4v) is 2.82. The predicted molar refractivity (Wildman–Crippen MR) is 92.7 cm³/mol. The lowest BCUT2D eigenvalue weighted by atomic mass is 10.1. The van der Waals surface area contributed by atoms with Gasteiger partial charge in [0, 0.05) is 38.2 Å². The Hall–Kier alpha value is -2.64. The Morgan fingerprint density at radius 3 is 2.68 bits per heavy atom. The van der Waals surface area contributed by atoms with Crippen molar-refractivity contribution >= 4 is 23.3 Å². The number of amides is 1. The summed E-state index contributed by atoms with van der Waals surface area (Å²) in [5.41, 5.74) is 0.901. The standard InChI is InChI=1S/C17H23N3O5/c1-2-25-16(21)6-5-9-18-17(22)14-12-13(20(23)24)7-8-15(14)19-10-3-4-11-19/h7-8,12H,2-6,9-11H2,1H3,(H,18,22). The molecule has 0 unspecified atom stereocenters. The Balaban J connectivity index is 2.04. The van der Waals surface area contributed by atoms with E-state index in [-0.39, 0.29) is 24.0 Å². The summed E-state index contributed by atoms with van der Waals surface area (Å²) in [6.45, 7) is 4.04. The van der Waals surface area contributed by atoms with Gasteiger partial charge in [-0.15, -0.1) is 0 Å². The number of ether oxygens (including phenoxy) is 1. The maximum Gasteiger partial charge on any atom is 0.305 e. The lowest BCUT2D eigenvalue weighted by Crippen LogP contribution is -2.28. The molecule has 2 rings (SSSR count). The third-order valence-corrected chi connectivity index (χ3v) is 4.03. The van der Waals surface area contributed by atoms with Crippen LogP contribution in [0.15, 0.2) is 18.2 Å². The van der Waals surface area contributed by atoms with Crippen LogP contribution in [0.25, 0.3) is 0 Å². The zero-order chi connectivity index (χ0) is 18.2. The third kappa shape index (κ3) is 5.17. The van der Waals surface area contributed by atoms with Crippen molar-refractivity contribution in [3.8, 4) is 0 Å². The lowest BCUT2D eigenvalue weighted by molar-refractivity contribution is -0.384. The largest absolute Gasteiger partial charge is 0.466 e. The summed E-state index contributed by atoms with van der Waals surface area (Å²) in [5.74, 6) is -0.667. The molecule has 1 fully saturated rings. The molecule has 0 saturated carbocycles. The number of hydrogen-bond acceptors (Lipinski definition) is 6. The molecule has 0 aromatic heterocycles. The van der Waals surface area contributed by atoms with Crippen LogP contribution in [0.4, 0.5) is 11.4 Å². The van der Waals surface area contributed by atoms with E-state index in [1.165, 1.54) is 12.1 Å². The average Bonchev–Trinajstić information content (AvgIpc) is 3.12. The van der Waals surface area contributed by atoms with Crippen LogP contribution in [0.5, 0.6) is 0 Å². The van der Waals surface area contributed by atoms with Crippen molar-refractivity contribution in [3.63, 3.8) is 0 Å². The Bertz CT molecular complexity index is 641. The molecule has 1 aliphatic rings. The maximum absolute atomic E-state index is 12.5. The number of esters is 1. The van der Waals surface area contributed by atoms with Gasteiger partial charge in [-0.25, -0.2) is 0 Å². The first kappa shape index (κ1) is 18.7. The van der Waals surface area contributed by atoms with Crippen molar-refractivity contribution in [1.29, 1.82) is 0 Å². The monoisotopic (exact) mass is 349 g/mol. The van der Waals surface area contributed by atoms with Crippen LogP contribution >= 0.6 is 0 Å². The van der Waals surface area contributed by atoms with Crippen LogP contribution < -0.4 is 10.2 Å². The first-order valence-electron chi connectivity index (χ1n) is 8.50. The van der Waals surface area contributed by atoms with E-state index in [1.807, 2.05) is 0 Å². The van der Waals surface area contributed by atoms with E-state index in [9.17, 15) is 19.7 Å². The molecule has 8 nitrogen and oxygen atoms in total. The number of carbonyl (C=O) groups is 2. The lowest BCUT2D eigenvalue weighted by Gasteiger charge is -2.20. The van der Waals surface area contributed by atoms with Crippen LogP contribution in [0, 0.1) is 10.1 Å². The second-order valence-corrected chi connectivity index (χ2v) is 5.82. The van der Waals surface area contributed by atoms with Crippen molar-refractivity contribution < 1.29 is 19.2 Å². The summed E-state index contributed by atoms with van der Waals surface area (Å²) in [6, 6.07) is 4.37. The second-order valence-electron chi connectivity index (χ2n) is 5.82. The minimum atomic E-state index is -0.509. The molecule has 1 aromatic carbocycles. The molecule has 25 heavy (non-hydrogen) atoms. The number of rotatable bonds is 8. The van der Waals surface area contributed by atoms with Gasteiger partial charge in [-0.05, 0) is 32.3 Å². The zero-order valence-corrected chi connectivity index (χ0v) is 14.3. The van der Waals surface area contributed by atoms with Crippen molar-refractivity contribution in [2.45, 2.75) is 32.6 Å². The summed E-state index contributed by atoms with van der Waals surface area (Å²) in [4.78, 5) is 36.4. The molecule has 1 N–H and O–H groups in total. The van der Waals surface area contributed by atoms with Crippen molar-refractivity contribution in [2.24, 2.45) is 0 Å². The van der Waals surface area contributed by atoms with Gasteiger partial charge in [0.15, 0.2) is 0 Å². The number of nitrogens with one attached hydrogen (secondary N) is 1. The molecule has 1 heterocycles. The van der Waals surface area contributed by atoms with Gasteiger partial charge in [0.25, 0.3) is 11.6 Å². The zero-order valence-electron chi connectivity index (χ0n) is 14.3. The minimum Gasteiger partial charge on any atom is -0.466 e. The quantitative estimate of drug-likeness (QED) is 0.334. The van der Waals surface area contributed by atoms with E-state index < -0.39 is 4.92 Å². The second kappa shape index (κ2) is 9.00. The molecule has 0 spiro atoms. The molecule has 0 bridgehead atoms. The smallest absolute Gasteiger partial charge is 0.305 e. The highest BCUT2D eigenvalue weighted by molar-refractivity contribution is 6.00. The van der Waals surface area contributed by atoms with E-state index in [0.717, 1.165) is 25.9 Å². The number of nitrogens with zero attached hydrogens (tertiary/aromatic N) is 2. The summed E-state index contributed by atoms with van der Waals surface area (Å²) >= 11 is 0. The van der Waals surface area contributed by atoms with Gasteiger partial charge in [0.1, 0.15) is 0 Å².